The van der Waals surface area contributed by atoms with E-state index in [9.17, 15) is 0 Å². The van der Waals surface area contributed by atoms with Gasteiger partial charge in [-0.05, 0) is 30.7 Å². The number of nitrogens with one attached hydrogen (secondary N) is 1. The largest absolute Gasteiger partial charge is 0.364 e. The van der Waals surface area contributed by atoms with Crippen LogP contribution >= 0.6 is 24.0 Å². The first kappa shape index (κ1) is 21.1. The second-order valence-electron chi connectivity index (χ2n) is 7.46. The van der Waals surface area contributed by atoms with Crippen LogP contribution in [0, 0.1) is 5.92 Å². The minimum Gasteiger partial charge on any atom is -0.364 e. The van der Waals surface area contributed by atoms with Gasteiger partial charge in [0.15, 0.2) is 5.96 Å². The summed E-state index contributed by atoms with van der Waals surface area (Å²) in [6.07, 6.45) is 2.90. The number of hydrogen-bond acceptors (Lipinski definition) is 4. The van der Waals surface area contributed by atoms with Crippen molar-refractivity contribution in [2.45, 2.75) is 25.8 Å². The van der Waals surface area contributed by atoms with Gasteiger partial charge in [-0.15, -0.1) is 24.0 Å². The topological polar surface area (TPSA) is 56.9 Å². The van der Waals surface area contributed by atoms with Crippen LogP contribution in [0.3, 0.4) is 0 Å². The first-order valence-electron chi connectivity index (χ1n) is 10.0. The quantitative estimate of drug-likeness (QED) is 0.379. The van der Waals surface area contributed by atoms with Crippen LogP contribution in [0.4, 0.5) is 0 Å². The van der Waals surface area contributed by atoms with Gasteiger partial charge in [0, 0.05) is 51.9 Å². The van der Waals surface area contributed by atoms with E-state index in [4.69, 9.17) is 9.52 Å². The van der Waals surface area contributed by atoms with Crippen LogP contribution in [-0.2, 0) is 6.54 Å². The summed E-state index contributed by atoms with van der Waals surface area (Å²) in [5, 5.41) is 7.50. The van der Waals surface area contributed by atoms with Gasteiger partial charge in [-0.3, -0.25) is 9.89 Å². The van der Waals surface area contributed by atoms with Gasteiger partial charge >= 0.3 is 0 Å². The third-order valence-electron chi connectivity index (χ3n) is 5.51. The molecule has 0 spiro atoms. The minimum atomic E-state index is 0. The Bertz CT molecular complexity index is 729. The van der Waals surface area contributed by atoms with Crippen molar-refractivity contribution in [2.24, 2.45) is 10.9 Å². The van der Waals surface area contributed by atoms with E-state index in [1.165, 1.54) is 12.0 Å². The molecule has 2 heterocycles. The van der Waals surface area contributed by atoms with Crippen LogP contribution in [0.25, 0.3) is 0 Å². The lowest BCUT2D eigenvalue weighted by atomic mass is 10.1. The number of hydrogen-bond donors (Lipinski definition) is 1. The van der Waals surface area contributed by atoms with E-state index < -0.39 is 0 Å². The van der Waals surface area contributed by atoms with Gasteiger partial charge in [0.25, 0.3) is 0 Å². The Morgan fingerprint density at radius 1 is 1.18 bits per heavy atom. The summed E-state index contributed by atoms with van der Waals surface area (Å²) in [7, 11) is 0. The molecule has 1 aliphatic carbocycles. The Kier molecular flexibility index (Phi) is 7.73. The van der Waals surface area contributed by atoms with Gasteiger partial charge in [0.1, 0.15) is 6.26 Å². The van der Waals surface area contributed by atoms with Crippen molar-refractivity contribution in [3.63, 3.8) is 0 Å². The van der Waals surface area contributed by atoms with Crippen molar-refractivity contribution in [3.05, 3.63) is 53.9 Å². The Morgan fingerprint density at radius 3 is 2.64 bits per heavy atom. The van der Waals surface area contributed by atoms with Crippen molar-refractivity contribution in [2.75, 3.05) is 39.3 Å². The number of guanidine groups is 1. The number of aliphatic imine (C=N–C) groups is 1. The average molecular weight is 495 g/mol. The molecule has 1 saturated heterocycles. The molecule has 2 aromatic rings. The Morgan fingerprint density at radius 2 is 1.96 bits per heavy atom. The van der Waals surface area contributed by atoms with Gasteiger partial charge in [-0.1, -0.05) is 35.5 Å². The molecule has 7 heteroatoms. The van der Waals surface area contributed by atoms with Crippen LogP contribution in [-0.4, -0.2) is 60.2 Å². The second-order valence-corrected chi connectivity index (χ2v) is 7.46. The highest BCUT2D eigenvalue weighted by Gasteiger charge is 2.38. The number of halogens is 1. The zero-order valence-electron chi connectivity index (χ0n) is 16.5. The summed E-state index contributed by atoms with van der Waals surface area (Å²) >= 11 is 0. The van der Waals surface area contributed by atoms with E-state index in [1.54, 1.807) is 6.26 Å². The van der Waals surface area contributed by atoms with Gasteiger partial charge in [0.2, 0.25) is 0 Å². The van der Waals surface area contributed by atoms with E-state index in [1.807, 2.05) is 6.07 Å². The lowest BCUT2D eigenvalue weighted by molar-refractivity contribution is 0.169. The van der Waals surface area contributed by atoms with Crippen molar-refractivity contribution < 1.29 is 4.52 Å². The lowest BCUT2D eigenvalue weighted by Gasteiger charge is -2.36. The van der Waals surface area contributed by atoms with Crippen LogP contribution in [0.1, 0.15) is 30.5 Å². The van der Waals surface area contributed by atoms with E-state index in [0.717, 1.165) is 57.5 Å². The second kappa shape index (κ2) is 10.2. The zero-order chi connectivity index (χ0) is 18.5. The molecule has 1 N–H and O–H groups in total. The first-order valence-corrected chi connectivity index (χ1v) is 10.0. The van der Waals surface area contributed by atoms with Crippen LogP contribution in [0.2, 0.25) is 0 Å². The number of benzene rings is 1. The summed E-state index contributed by atoms with van der Waals surface area (Å²) in [5.41, 5.74) is 2.47. The molecule has 0 radical (unpaired) electrons. The fraction of sp³-hybridized carbons (Fsp3) is 0.524. The van der Waals surface area contributed by atoms with E-state index >= 15 is 0 Å². The maximum Gasteiger partial charge on any atom is 0.194 e. The van der Waals surface area contributed by atoms with Gasteiger partial charge in [-0.2, -0.15) is 0 Å². The Labute approximate surface area is 184 Å². The smallest absolute Gasteiger partial charge is 0.194 e. The maximum absolute atomic E-state index is 4.96. The van der Waals surface area contributed by atoms with Gasteiger partial charge < -0.3 is 14.7 Å². The minimum absolute atomic E-state index is 0. The molecule has 2 fully saturated rings. The molecular weight excluding hydrogens is 465 g/mol. The fourth-order valence-corrected chi connectivity index (χ4v) is 3.85. The summed E-state index contributed by atoms with van der Waals surface area (Å²) < 4.78 is 4.93. The van der Waals surface area contributed by atoms with E-state index in [-0.39, 0.29) is 24.0 Å². The highest BCUT2D eigenvalue weighted by atomic mass is 127. The average Bonchev–Trinajstić information content (AvgIpc) is 3.31. The van der Waals surface area contributed by atoms with E-state index in [2.05, 4.69) is 57.5 Å². The summed E-state index contributed by atoms with van der Waals surface area (Å²) in [5.74, 6) is 2.45. The molecule has 1 aromatic heterocycles. The number of aromatic nitrogens is 1. The molecule has 1 aliphatic heterocycles. The zero-order valence-corrected chi connectivity index (χ0v) is 18.8. The van der Waals surface area contributed by atoms with Gasteiger partial charge in [0.05, 0.1) is 5.69 Å². The molecule has 152 valence electrons. The molecule has 0 amide bonds. The maximum atomic E-state index is 4.96. The monoisotopic (exact) mass is 495 g/mol. The highest BCUT2D eigenvalue weighted by molar-refractivity contribution is 14.0. The van der Waals surface area contributed by atoms with Crippen LogP contribution in [0.15, 0.2) is 52.2 Å². The summed E-state index contributed by atoms with van der Waals surface area (Å²) in [6, 6.07) is 12.8. The third-order valence-corrected chi connectivity index (χ3v) is 5.51. The standard InChI is InChI=1S/C21H29N5O.HI/c1-2-22-21(23-15-18-14-20(18)17-6-4-3-5-7-17)26-11-9-25(10-12-26)16-19-8-13-27-24-19;/h3-8,13,18,20H,2,9-12,14-16H2,1H3,(H,22,23);1H. The van der Waals surface area contributed by atoms with Crippen molar-refractivity contribution in [3.8, 4) is 0 Å². The molecule has 2 aliphatic rings. The van der Waals surface area contributed by atoms with E-state index in [0.29, 0.717) is 11.8 Å². The predicted octanol–water partition coefficient (Wildman–Crippen LogP) is 3.18. The lowest BCUT2D eigenvalue weighted by Crippen LogP contribution is -2.52. The molecule has 1 aromatic carbocycles. The fourth-order valence-electron chi connectivity index (χ4n) is 3.85. The molecule has 0 bridgehead atoms. The molecule has 1 saturated carbocycles. The molecule has 28 heavy (non-hydrogen) atoms. The summed E-state index contributed by atoms with van der Waals surface area (Å²) in [4.78, 5) is 9.77. The molecular formula is C21H30IN5O. The van der Waals surface area contributed by atoms with Crippen molar-refractivity contribution >= 4 is 29.9 Å². The number of nitrogens with zero attached hydrogens (tertiary/aromatic N) is 4. The molecule has 2 unspecified atom stereocenters. The van der Waals surface area contributed by atoms with Crippen LogP contribution in [0.5, 0.6) is 0 Å². The van der Waals surface area contributed by atoms with Crippen molar-refractivity contribution in [1.82, 2.24) is 20.3 Å². The van der Waals surface area contributed by atoms with Crippen LogP contribution < -0.4 is 5.32 Å². The predicted molar refractivity (Wildman–Crippen MR) is 122 cm³/mol. The number of piperazine rings is 1. The van der Waals surface area contributed by atoms with Crippen molar-refractivity contribution in [1.29, 1.82) is 0 Å². The Hall–Kier alpha value is -1.61. The summed E-state index contributed by atoms with van der Waals surface area (Å²) in [6.45, 7) is 8.86. The molecule has 2 atom stereocenters. The molecule has 4 rings (SSSR count). The van der Waals surface area contributed by atoms with Gasteiger partial charge in [-0.25, -0.2) is 0 Å². The Balaban J connectivity index is 0.00000225. The molecule has 6 nitrogen and oxygen atoms in total. The first-order chi connectivity index (χ1) is 13.3. The SMILES string of the molecule is CCNC(=NCC1CC1c1ccccc1)N1CCN(Cc2ccon2)CC1.I. The third kappa shape index (κ3) is 5.47. The normalized spacial score (nSPS) is 22.6. The highest BCUT2D eigenvalue weighted by Crippen LogP contribution is 2.47. The number of rotatable bonds is 6.